The molecule has 1 atom stereocenters. The van der Waals surface area contributed by atoms with Crippen LogP contribution in [0.3, 0.4) is 0 Å². The van der Waals surface area contributed by atoms with Gasteiger partial charge in [-0.3, -0.25) is 4.79 Å². The van der Waals surface area contributed by atoms with Gasteiger partial charge in [-0.15, -0.1) is 0 Å². The normalized spacial score (nSPS) is 23.3. The Bertz CT molecular complexity index is 483. The van der Waals surface area contributed by atoms with E-state index in [2.05, 4.69) is 36.2 Å². The lowest BCUT2D eigenvalue weighted by atomic mass is 9.77. The molecule has 1 saturated heterocycles. The number of benzene rings is 1. The van der Waals surface area contributed by atoms with Gasteiger partial charge >= 0.3 is 5.97 Å². The van der Waals surface area contributed by atoms with Crippen LogP contribution < -0.4 is 0 Å². The van der Waals surface area contributed by atoms with Crippen molar-refractivity contribution in [3.63, 3.8) is 0 Å². The maximum atomic E-state index is 12.4. The number of nitrogens with zero attached hydrogens (tertiary/aromatic N) is 1. The highest BCUT2D eigenvalue weighted by atomic mass is 16.5. The molecule has 0 bridgehead atoms. The molecular formula is C18H25NO2. The Morgan fingerprint density at radius 3 is 2.81 bits per heavy atom. The number of piperidine rings is 1. The first-order chi connectivity index (χ1) is 10.2. The molecule has 3 heteroatoms. The summed E-state index contributed by atoms with van der Waals surface area (Å²) in [5, 5.41) is 0. The lowest BCUT2D eigenvalue weighted by molar-refractivity contribution is -0.158. The number of rotatable bonds is 5. The van der Waals surface area contributed by atoms with Gasteiger partial charge in [0.15, 0.2) is 0 Å². The predicted octanol–water partition coefficient (Wildman–Crippen LogP) is 3.37. The first-order valence-electron chi connectivity index (χ1n) is 7.74. The summed E-state index contributed by atoms with van der Waals surface area (Å²) < 4.78 is 5.34. The lowest BCUT2D eigenvalue weighted by Gasteiger charge is -2.38. The summed E-state index contributed by atoms with van der Waals surface area (Å²) in [6, 6.07) is 10.2. The number of likely N-dealkylation sites (tertiary alicyclic amines) is 1. The molecule has 114 valence electrons. The fraction of sp³-hybridized carbons (Fsp3) is 0.500. The zero-order chi connectivity index (χ0) is 15.1. The molecule has 0 radical (unpaired) electrons. The molecule has 0 spiro atoms. The Morgan fingerprint density at radius 1 is 1.38 bits per heavy atom. The van der Waals surface area contributed by atoms with Gasteiger partial charge in [-0.25, -0.2) is 0 Å². The molecule has 0 aliphatic carbocycles. The SMILES string of the molecule is CCOC(=O)[C@@]1(C/C=C/c2ccccc2)CCCN(C)C1. The maximum Gasteiger partial charge on any atom is 0.313 e. The number of ether oxygens (including phenoxy) is 1. The van der Waals surface area contributed by atoms with Gasteiger partial charge in [0, 0.05) is 6.54 Å². The van der Waals surface area contributed by atoms with Gasteiger partial charge in [0.1, 0.15) is 0 Å². The van der Waals surface area contributed by atoms with Crippen molar-refractivity contribution in [1.29, 1.82) is 0 Å². The molecule has 21 heavy (non-hydrogen) atoms. The van der Waals surface area contributed by atoms with Crippen molar-refractivity contribution in [3.8, 4) is 0 Å². The summed E-state index contributed by atoms with van der Waals surface area (Å²) in [4.78, 5) is 14.7. The van der Waals surface area contributed by atoms with Crippen molar-refractivity contribution in [2.75, 3.05) is 26.7 Å². The van der Waals surface area contributed by atoms with Crippen LogP contribution >= 0.6 is 0 Å². The Kier molecular flexibility index (Phi) is 5.57. The van der Waals surface area contributed by atoms with E-state index >= 15 is 0 Å². The van der Waals surface area contributed by atoms with Crippen LogP contribution in [0.1, 0.15) is 31.7 Å². The Morgan fingerprint density at radius 2 is 2.14 bits per heavy atom. The van der Waals surface area contributed by atoms with Crippen LogP contribution in [0.5, 0.6) is 0 Å². The first-order valence-corrected chi connectivity index (χ1v) is 7.74. The largest absolute Gasteiger partial charge is 0.466 e. The number of esters is 1. The highest BCUT2D eigenvalue weighted by Gasteiger charge is 2.41. The summed E-state index contributed by atoms with van der Waals surface area (Å²) in [7, 11) is 2.08. The zero-order valence-electron chi connectivity index (χ0n) is 13.0. The van der Waals surface area contributed by atoms with E-state index in [0.29, 0.717) is 6.61 Å². The number of carbonyl (C=O) groups is 1. The van der Waals surface area contributed by atoms with E-state index in [4.69, 9.17) is 4.74 Å². The van der Waals surface area contributed by atoms with E-state index in [1.165, 1.54) is 5.56 Å². The van der Waals surface area contributed by atoms with E-state index in [-0.39, 0.29) is 11.4 Å². The van der Waals surface area contributed by atoms with Gasteiger partial charge in [-0.2, -0.15) is 0 Å². The van der Waals surface area contributed by atoms with E-state index in [1.54, 1.807) is 0 Å². The number of hydrogen-bond acceptors (Lipinski definition) is 3. The van der Waals surface area contributed by atoms with Crippen LogP contribution in [0.4, 0.5) is 0 Å². The molecule has 1 aromatic rings. The van der Waals surface area contributed by atoms with Crippen molar-refractivity contribution < 1.29 is 9.53 Å². The van der Waals surface area contributed by atoms with Crippen LogP contribution in [-0.2, 0) is 9.53 Å². The smallest absolute Gasteiger partial charge is 0.313 e. The topological polar surface area (TPSA) is 29.5 Å². The minimum Gasteiger partial charge on any atom is -0.466 e. The van der Waals surface area contributed by atoms with Gasteiger partial charge in [-0.05, 0) is 45.3 Å². The molecule has 2 rings (SSSR count). The van der Waals surface area contributed by atoms with Crippen molar-refractivity contribution >= 4 is 12.0 Å². The second-order valence-corrected chi connectivity index (χ2v) is 5.86. The van der Waals surface area contributed by atoms with E-state index in [1.807, 2.05) is 25.1 Å². The van der Waals surface area contributed by atoms with Crippen LogP contribution in [-0.4, -0.2) is 37.6 Å². The first kappa shape index (κ1) is 15.8. The van der Waals surface area contributed by atoms with Crippen molar-refractivity contribution in [3.05, 3.63) is 42.0 Å². The fourth-order valence-electron chi connectivity index (χ4n) is 3.05. The van der Waals surface area contributed by atoms with Gasteiger partial charge in [0.05, 0.1) is 12.0 Å². The zero-order valence-corrected chi connectivity index (χ0v) is 13.0. The summed E-state index contributed by atoms with van der Waals surface area (Å²) in [5.41, 5.74) is 0.787. The van der Waals surface area contributed by atoms with Crippen LogP contribution in [0.25, 0.3) is 6.08 Å². The minimum atomic E-state index is -0.381. The number of carbonyl (C=O) groups excluding carboxylic acids is 1. The molecule has 1 aliphatic rings. The third-order valence-corrected chi connectivity index (χ3v) is 4.09. The molecule has 0 aromatic heterocycles. The Balaban J connectivity index is 2.09. The molecule has 1 fully saturated rings. The minimum absolute atomic E-state index is 0.0470. The number of hydrogen-bond donors (Lipinski definition) is 0. The molecule has 0 unspecified atom stereocenters. The summed E-state index contributed by atoms with van der Waals surface area (Å²) in [5.74, 6) is -0.0470. The lowest BCUT2D eigenvalue weighted by Crippen LogP contribution is -2.46. The summed E-state index contributed by atoms with van der Waals surface area (Å²) >= 11 is 0. The van der Waals surface area contributed by atoms with Gasteiger partial charge in [0.25, 0.3) is 0 Å². The standard InChI is InChI=1S/C18H25NO2/c1-3-21-17(20)18(13-8-14-19(2)15-18)12-7-11-16-9-5-4-6-10-16/h4-7,9-11H,3,8,12-15H2,1-2H3/b11-7+/t18-/m0/s1. The van der Waals surface area contributed by atoms with Gasteiger partial charge in [-0.1, -0.05) is 42.5 Å². The molecule has 0 amide bonds. The molecule has 3 nitrogen and oxygen atoms in total. The van der Waals surface area contributed by atoms with Gasteiger partial charge < -0.3 is 9.64 Å². The van der Waals surface area contributed by atoms with Gasteiger partial charge in [0.2, 0.25) is 0 Å². The predicted molar refractivity (Wildman–Crippen MR) is 85.9 cm³/mol. The molecule has 1 aromatic carbocycles. The second-order valence-electron chi connectivity index (χ2n) is 5.86. The quantitative estimate of drug-likeness (QED) is 0.778. The number of allylic oxidation sites excluding steroid dienone is 1. The average Bonchev–Trinajstić information content (AvgIpc) is 2.48. The molecule has 1 heterocycles. The third-order valence-electron chi connectivity index (χ3n) is 4.09. The highest BCUT2D eigenvalue weighted by molar-refractivity contribution is 5.77. The monoisotopic (exact) mass is 287 g/mol. The van der Waals surface area contributed by atoms with E-state index < -0.39 is 0 Å². The molecular weight excluding hydrogens is 262 g/mol. The maximum absolute atomic E-state index is 12.4. The Hall–Kier alpha value is -1.61. The summed E-state index contributed by atoms with van der Waals surface area (Å²) in [6.07, 6.45) is 6.91. The van der Waals surface area contributed by atoms with E-state index in [9.17, 15) is 4.79 Å². The van der Waals surface area contributed by atoms with E-state index in [0.717, 1.165) is 32.4 Å². The van der Waals surface area contributed by atoms with Crippen LogP contribution in [0.15, 0.2) is 36.4 Å². The van der Waals surface area contributed by atoms with Crippen molar-refractivity contribution in [2.24, 2.45) is 5.41 Å². The summed E-state index contributed by atoms with van der Waals surface area (Å²) in [6.45, 7) is 4.17. The third kappa shape index (κ3) is 4.18. The highest BCUT2D eigenvalue weighted by Crippen LogP contribution is 2.35. The second kappa shape index (κ2) is 7.41. The fourth-order valence-corrected chi connectivity index (χ4v) is 3.05. The molecule has 1 aliphatic heterocycles. The van der Waals surface area contributed by atoms with Crippen molar-refractivity contribution in [2.45, 2.75) is 26.2 Å². The molecule has 0 saturated carbocycles. The van der Waals surface area contributed by atoms with Crippen LogP contribution in [0.2, 0.25) is 0 Å². The average molecular weight is 287 g/mol. The van der Waals surface area contributed by atoms with Crippen LogP contribution in [0, 0.1) is 5.41 Å². The molecule has 0 N–H and O–H groups in total. The van der Waals surface area contributed by atoms with Crippen molar-refractivity contribution in [1.82, 2.24) is 4.90 Å². The Labute approximate surface area is 127 Å².